The summed E-state index contributed by atoms with van der Waals surface area (Å²) in [6.07, 6.45) is 0. The Morgan fingerprint density at radius 3 is 1.81 bits per heavy atom. The van der Waals surface area contributed by atoms with Crippen LogP contribution in [0, 0.1) is 0 Å². The van der Waals surface area contributed by atoms with Crippen LogP contribution in [0.25, 0.3) is 0 Å². The standard InChI is InChI=1S/C17H17N3O7/c18-15(25)10(20-17(27)9-4-2-6-12(22)14(9)24)7-19-16(26)8-3-1-5-11(21)13(8)23/h1-6,10,21-24H,7H2,(H2,18,25)(H,19,26)(H,20,27). The molecule has 0 aromatic heterocycles. The van der Waals surface area contributed by atoms with Crippen molar-refractivity contribution in [3.8, 4) is 23.0 Å². The van der Waals surface area contributed by atoms with Crippen molar-refractivity contribution in [2.75, 3.05) is 6.54 Å². The SMILES string of the molecule is NC(=O)C(CNC(=O)c1cccc(O)c1O)NC(=O)c1cccc(O)c1O. The molecule has 1 atom stereocenters. The number of hydrogen-bond donors (Lipinski definition) is 7. The minimum atomic E-state index is -1.34. The monoisotopic (exact) mass is 375 g/mol. The number of nitrogens with two attached hydrogens (primary N) is 1. The van der Waals surface area contributed by atoms with Gasteiger partial charge in [0, 0.05) is 6.54 Å². The molecule has 0 aliphatic rings. The third-order valence-electron chi connectivity index (χ3n) is 3.63. The largest absolute Gasteiger partial charge is 0.504 e. The van der Waals surface area contributed by atoms with Crippen molar-refractivity contribution in [3.05, 3.63) is 47.5 Å². The molecule has 0 saturated carbocycles. The quantitative estimate of drug-likeness (QED) is 0.333. The number of phenolic OH excluding ortho intramolecular Hbond substituents is 4. The van der Waals surface area contributed by atoms with E-state index in [1.807, 2.05) is 0 Å². The summed E-state index contributed by atoms with van der Waals surface area (Å²) >= 11 is 0. The number of carbonyl (C=O) groups excluding carboxylic acids is 3. The van der Waals surface area contributed by atoms with E-state index in [0.29, 0.717) is 0 Å². The Bertz CT molecular complexity index is 898. The number of rotatable bonds is 6. The molecule has 2 aromatic carbocycles. The van der Waals surface area contributed by atoms with Crippen LogP contribution in [0.4, 0.5) is 0 Å². The molecule has 0 aliphatic carbocycles. The first-order valence-corrected chi connectivity index (χ1v) is 7.62. The zero-order chi connectivity index (χ0) is 20.1. The normalized spacial score (nSPS) is 11.4. The molecule has 0 aliphatic heterocycles. The molecule has 0 spiro atoms. The van der Waals surface area contributed by atoms with Gasteiger partial charge in [-0.3, -0.25) is 14.4 Å². The second-order valence-corrected chi connectivity index (χ2v) is 5.49. The zero-order valence-corrected chi connectivity index (χ0v) is 13.8. The molecule has 10 heteroatoms. The average molecular weight is 375 g/mol. The molecule has 0 bridgehead atoms. The molecule has 1 unspecified atom stereocenters. The summed E-state index contributed by atoms with van der Waals surface area (Å²) in [5, 5.41) is 42.7. The predicted molar refractivity (Wildman–Crippen MR) is 92.3 cm³/mol. The fraction of sp³-hybridized carbons (Fsp3) is 0.118. The minimum Gasteiger partial charge on any atom is -0.504 e. The number of aromatic hydroxyl groups is 4. The topological polar surface area (TPSA) is 182 Å². The molecular formula is C17H17N3O7. The number of benzene rings is 2. The molecular weight excluding hydrogens is 358 g/mol. The second kappa shape index (κ2) is 7.95. The van der Waals surface area contributed by atoms with Crippen molar-refractivity contribution in [3.63, 3.8) is 0 Å². The fourth-order valence-corrected chi connectivity index (χ4v) is 2.18. The van der Waals surface area contributed by atoms with Gasteiger partial charge < -0.3 is 36.8 Å². The van der Waals surface area contributed by atoms with Crippen molar-refractivity contribution in [2.24, 2.45) is 5.73 Å². The number of hydrogen-bond acceptors (Lipinski definition) is 7. The summed E-state index contributed by atoms with van der Waals surface area (Å²) in [6, 6.07) is 6.11. The lowest BCUT2D eigenvalue weighted by atomic mass is 10.1. The van der Waals surface area contributed by atoms with Gasteiger partial charge in [0.15, 0.2) is 23.0 Å². The van der Waals surface area contributed by atoms with Gasteiger partial charge in [-0.2, -0.15) is 0 Å². The molecule has 0 heterocycles. The summed E-state index contributed by atoms with van der Waals surface area (Å²) < 4.78 is 0. The molecule has 10 nitrogen and oxygen atoms in total. The highest BCUT2D eigenvalue weighted by Crippen LogP contribution is 2.28. The third kappa shape index (κ3) is 4.37. The molecule has 8 N–H and O–H groups in total. The maximum atomic E-state index is 12.2. The number of phenols is 4. The molecule has 142 valence electrons. The van der Waals surface area contributed by atoms with Gasteiger partial charge in [-0.25, -0.2) is 0 Å². The van der Waals surface area contributed by atoms with Crippen LogP contribution in [0.15, 0.2) is 36.4 Å². The summed E-state index contributed by atoms with van der Waals surface area (Å²) in [7, 11) is 0. The summed E-state index contributed by atoms with van der Waals surface area (Å²) in [5.41, 5.74) is 4.67. The van der Waals surface area contributed by atoms with Crippen LogP contribution >= 0.6 is 0 Å². The van der Waals surface area contributed by atoms with Crippen molar-refractivity contribution < 1.29 is 34.8 Å². The Morgan fingerprint density at radius 2 is 1.33 bits per heavy atom. The van der Waals surface area contributed by atoms with E-state index in [-0.39, 0.29) is 11.1 Å². The molecule has 27 heavy (non-hydrogen) atoms. The van der Waals surface area contributed by atoms with Crippen molar-refractivity contribution in [2.45, 2.75) is 6.04 Å². The first-order valence-electron chi connectivity index (χ1n) is 7.62. The number of amides is 3. The summed E-state index contributed by atoms with van der Waals surface area (Å²) in [6.45, 7) is -0.422. The van der Waals surface area contributed by atoms with E-state index in [9.17, 15) is 34.8 Å². The first kappa shape index (κ1) is 19.4. The van der Waals surface area contributed by atoms with Crippen LogP contribution < -0.4 is 16.4 Å². The van der Waals surface area contributed by atoms with Gasteiger partial charge >= 0.3 is 0 Å². The van der Waals surface area contributed by atoms with Gasteiger partial charge in [-0.15, -0.1) is 0 Å². The van der Waals surface area contributed by atoms with E-state index in [1.165, 1.54) is 36.4 Å². The van der Waals surface area contributed by atoms with E-state index in [4.69, 9.17) is 5.73 Å². The van der Waals surface area contributed by atoms with Crippen LogP contribution in [0.3, 0.4) is 0 Å². The van der Waals surface area contributed by atoms with E-state index in [1.54, 1.807) is 0 Å². The third-order valence-corrected chi connectivity index (χ3v) is 3.63. The van der Waals surface area contributed by atoms with E-state index < -0.39 is 53.3 Å². The molecule has 2 aromatic rings. The van der Waals surface area contributed by atoms with Crippen LogP contribution in [0.5, 0.6) is 23.0 Å². The highest BCUT2D eigenvalue weighted by Gasteiger charge is 2.23. The lowest BCUT2D eigenvalue weighted by molar-refractivity contribution is -0.119. The zero-order valence-electron chi connectivity index (χ0n) is 13.8. The summed E-state index contributed by atoms with van der Waals surface area (Å²) in [5.74, 6) is -5.02. The van der Waals surface area contributed by atoms with Crippen molar-refractivity contribution in [1.82, 2.24) is 10.6 Å². The summed E-state index contributed by atoms with van der Waals surface area (Å²) in [4.78, 5) is 35.8. The number of primary amides is 1. The molecule has 0 radical (unpaired) electrons. The molecule has 2 rings (SSSR count). The van der Waals surface area contributed by atoms with Crippen LogP contribution in [-0.4, -0.2) is 50.7 Å². The van der Waals surface area contributed by atoms with Gasteiger partial charge in [-0.05, 0) is 24.3 Å². The van der Waals surface area contributed by atoms with Crippen LogP contribution in [0.1, 0.15) is 20.7 Å². The fourth-order valence-electron chi connectivity index (χ4n) is 2.18. The van der Waals surface area contributed by atoms with E-state index in [0.717, 1.165) is 0 Å². The van der Waals surface area contributed by atoms with Crippen LogP contribution in [-0.2, 0) is 4.79 Å². The van der Waals surface area contributed by atoms with Crippen molar-refractivity contribution >= 4 is 17.7 Å². The predicted octanol–water partition coefficient (Wildman–Crippen LogP) is -0.477. The Kier molecular flexibility index (Phi) is 5.71. The first-order chi connectivity index (χ1) is 12.7. The Morgan fingerprint density at radius 1 is 0.852 bits per heavy atom. The molecule has 0 fully saturated rings. The average Bonchev–Trinajstić information content (AvgIpc) is 2.62. The molecule has 0 saturated heterocycles. The lowest BCUT2D eigenvalue weighted by Crippen LogP contribution is -2.51. The Labute approximate surface area is 152 Å². The van der Waals surface area contributed by atoms with Crippen LogP contribution in [0.2, 0.25) is 0 Å². The second-order valence-electron chi connectivity index (χ2n) is 5.49. The highest BCUT2D eigenvalue weighted by atomic mass is 16.3. The lowest BCUT2D eigenvalue weighted by Gasteiger charge is -2.17. The van der Waals surface area contributed by atoms with Gasteiger partial charge in [-0.1, -0.05) is 12.1 Å². The maximum absolute atomic E-state index is 12.2. The van der Waals surface area contributed by atoms with Gasteiger partial charge in [0.25, 0.3) is 11.8 Å². The Hall–Kier alpha value is -3.95. The smallest absolute Gasteiger partial charge is 0.255 e. The van der Waals surface area contributed by atoms with Gasteiger partial charge in [0.1, 0.15) is 6.04 Å². The number of nitrogens with one attached hydrogen (secondary N) is 2. The van der Waals surface area contributed by atoms with Crippen molar-refractivity contribution in [1.29, 1.82) is 0 Å². The number of carbonyl (C=O) groups is 3. The minimum absolute atomic E-state index is 0.241. The molecule has 3 amide bonds. The highest BCUT2D eigenvalue weighted by molar-refractivity contribution is 6.01. The van der Waals surface area contributed by atoms with Gasteiger partial charge in [0.2, 0.25) is 5.91 Å². The van der Waals surface area contributed by atoms with Gasteiger partial charge in [0.05, 0.1) is 11.1 Å². The maximum Gasteiger partial charge on any atom is 0.255 e. The van der Waals surface area contributed by atoms with E-state index in [2.05, 4.69) is 10.6 Å². The number of para-hydroxylation sites is 2. The van der Waals surface area contributed by atoms with E-state index >= 15 is 0 Å². The Balaban J connectivity index is 2.09.